The predicted octanol–water partition coefficient (Wildman–Crippen LogP) is 3.45. The van der Waals surface area contributed by atoms with Crippen LogP contribution in [0.5, 0.6) is 0 Å². The minimum atomic E-state index is -0.517. The highest BCUT2D eigenvalue weighted by molar-refractivity contribution is 7.10. The van der Waals surface area contributed by atoms with E-state index < -0.39 is 5.60 Å². The van der Waals surface area contributed by atoms with Crippen LogP contribution in [0.25, 0.3) is 0 Å². The van der Waals surface area contributed by atoms with E-state index in [1.54, 1.807) is 11.3 Å². The molecule has 0 unspecified atom stereocenters. The van der Waals surface area contributed by atoms with E-state index in [1.165, 1.54) is 4.88 Å². The van der Waals surface area contributed by atoms with Crippen LogP contribution in [0.2, 0.25) is 0 Å². The second-order valence-electron chi connectivity index (χ2n) is 4.66. The zero-order valence-electron chi connectivity index (χ0n) is 8.92. The van der Waals surface area contributed by atoms with Crippen molar-refractivity contribution in [2.45, 2.75) is 45.1 Å². The number of aliphatic hydroxyl groups is 1. The lowest BCUT2D eigenvalue weighted by Gasteiger charge is -2.34. The van der Waals surface area contributed by atoms with Crippen LogP contribution < -0.4 is 0 Å². The first kappa shape index (κ1) is 10.2. The maximum atomic E-state index is 10.5. The highest BCUT2D eigenvalue weighted by Gasteiger charge is 2.33. The van der Waals surface area contributed by atoms with Gasteiger partial charge in [0.05, 0.1) is 5.60 Å². The van der Waals surface area contributed by atoms with Crippen molar-refractivity contribution in [2.24, 2.45) is 5.92 Å². The second-order valence-corrected chi connectivity index (χ2v) is 5.78. The summed E-state index contributed by atoms with van der Waals surface area (Å²) >= 11 is 1.74. The van der Waals surface area contributed by atoms with Gasteiger partial charge in [0, 0.05) is 4.88 Å². The summed E-state index contributed by atoms with van der Waals surface area (Å²) in [6.45, 7) is 4.38. The maximum absolute atomic E-state index is 10.5. The van der Waals surface area contributed by atoms with Crippen molar-refractivity contribution in [3.8, 4) is 0 Å². The fourth-order valence-electron chi connectivity index (χ4n) is 2.22. The molecule has 1 N–H and O–H groups in total. The third kappa shape index (κ3) is 1.86. The second kappa shape index (κ2) is 3.67. The summed E-state index contributed by atoms with van der Waals surface area (Å²) < 4.78 is 0. The van der Waals surface area contributed by atoms with Gasteiger partial charge in [0.25, 0.3) is 0 Å². The van der Waals surface area contributed by atoms with Gasteiger partial charge in [-0.05, 0) is 55.5 Å². The molecule has 2 rings (SSSR count). The van der Waals surface area contributed by atoms with E-state index in [2.05, 4.69) is 25.3 Å². The van der Waals surface area contributed by atoms with Gasteiger partial charge in [0.2, 0.25) is 0 Å². The van der Waals surface area contributed by atoms with Gasteiger partial charge in [-0.3, -0.25) is 0 Å². The number of thiophene rings is 1. The summed E-state index contributed by atoms with van der Waals surface area (Å²) in [6, 6.07) is 2.14. The number of hydrogen-bond acceptors (Lipinski definition) is 2. The molecule has 1 nitrogen and oxygen atoms in total. The van der Waals surface area contributed by atoms with Crippen molar-refractivity contribution < 1.29 is 5.11 Å². The lowest BCUT2D eigenvalue weighted by Crippen LogP contribution is -2.30. The number of aryl methyl sites for hydroxylation is 1. The molecule has 1 fully saturated rings. The molecule has 2 heteroatoms. The van der Waals surface area contributed by atoms with E-state index in [1.807, 2.05) is 0 Å². The van der Waals surface area contributed by atoms with Crippen LogP contribution in [0.15, 0.2) is 11.4 Å². The first-order chi connectivity index (χ1) is 6.60. The first-order valence-electron chi connectivity index (χ1n) is 5.38. The Morgan fingerprint density at radius 1 is 1.43 bits per heavy atom. The van der Waals surface area contributed by atoms with Gasteiger partial charge in [0.15, 0.2) is 0 Å². The number of rotatable bonds is 1. The normalized spacial score (nSPS) is 33.2. The van der Waals surface area contributed by atoms with E-state index in [0.717, 1.165) is 37.2 Å². The molecule has 0 saturated heterocycles. The summed E-state index contributed by atoms with van der Waals surface area (Å²) in [5, 5.41) is 12.6. The molecule has 1 aliphatic carbocycles. The standard InChI is InChI=1S/C12H18OS/c1-9-3-5-12(13,6-4-9)11-7-10(2)14-8-11/h7-9,13H,3-6H2,1-2H3. The minimum Gasteiger partial charge on any atom is -0.385 e. The van der Waals surface area contributed by atoms with Crippen LogP contribution in [0.4, 0.5) is 0 Å². The first-order valence-corrected chi connectivity index (χ1v) is 6.26. The molecule has 1 aromatic rings. The van der Waals surface area contributed by atoms with Crippen LogP contribution in [-0.4, -0.2) is 5.11 Å². The third-order valence-electron chi connectivity index (χ3n) is 3.37. The van der Waals surface area contributed by atoms with Gasteiger partial charge in [-0.25, -0.2) is 0 Å². The SMILES string of the molecule is Cc1cc(C2(O)CCC(C)CC2)cs1. The van der Waals surface area contributed by atoms with Crippen molar-refractivity contribution in [3.63, 3.8) is 0 Å². The Hall–Kier alpha value is -0.340. The molecule has 1 aromatic heterocycles. The largest absolute Gasteiger partial charge is 0.385 e. The third-order valence-corrected chi connectivity index (χ3v) is 4.23. The molecular weight excluding hydrogens is 192 g/mol. The molecule has 1 saturated carbocycles. The van der Waals surface area contributed by atoms with E-state index in [4.69, 9.17) is 0 Å². The Kier molecular flexibility index (Phi) is 2.67. The Balaban J connectivity index is 2.16. The van der Waals surface area contributed by atoms with Crippen molar-refractivity contribution >= 4 is 11.3 Å². The van der Waals surface area contributed by atoms with Crippen molar-refractivity contribution in [2.75, 3.05) is 0 Å². The molecule has 1 heterocycles. The van der Waals surface area contributed by atoms with Gasteiger partial charge >= 0.3 is 0 Å². The molecule has 1 aliphatic rings. The average molecular weight is 210 g/mol. The van der Waals surface area contributed by atoms with Crippen LogP contribution in [0, 0.1) is 12.8 Å². The summed E-state index contributed by atoms with van der Waals surface area (Å²) in [5.41, 5.74) is 0.629. The Bertz CT molecular complexity index is 308. The fraction of sp³-hybridized carbons (Fsp3) is 0.667. The smallest absolute Gasteiger partial charge is 0.0904 e. The molecule has 0 radical (unpaired) electrons. The minimum absolute atomic E-state index is 0.517. The monoisotopic (exact) mass is 210 g/mol. The van der Waals surface area contributed by atoms with Gasteiger partial charge in [-0.2, -0.15) is 0 Å². The van der Waals surface area contributed by atoms with E-state index in [9.17, 15) is 5.11 Å². The Morgan fingerprint density at radius 2 is 2.07 bits per heavy atom. The molecule has 0 spiro atoms. The number of hydrogen-bond donors (Lipinski definition) is 1. The van der Waals surface area contributed by atoms with Gasteiger partial charge in [-0.1, -0.05) is 6.92 Å². The lowest BCUT2D eigenvalue weighted by molar-refractivity contribution is -0.0116. The molecular formula is C12H18OS. The molecule has 0 amide bonds. The summed E-state index contributed by atoms with van der Waals surface area (Å²) in [6.07, 6.45) is 4.19. The molecule has 0 aliphatic heterocycles. The average Bonchev–Trinajstić information content (AvgIpc) is 2.58. The highest BCUT2D eigenvalue weighted by atomic mass is 32.1. The maximum Gasteiger partial charge on any atom is 0.0904 e. The molecule has 78 valence electrons. The summed E-state index contributed by atoms with van der Waals surface area (Å²) in [5.74, 6) is 0.787. The van der Waals surface area contributed by atoms with E-state index in [-0.39, 0.29) is 0 Å². The van der Waals surface area contributed by atoms with Crippen molar-refractivity contribution in [1.29, 1.82) is 0 Å². The molecule has 0 aromatic carbocycles. The topological polar surface area (TPSA) is 20.2 Å². The zero-order chi connectivity index (χ0) is 10.2. The van der Waals surface area contributed by atoms with Crippen molar-refractivity contribution in [3.05, 3.63) is 21.9 Å². The quantitative estimate of drug-likeness (QED) is 0.752. The predicted molar refractivity (Wildman–Crippen MR) is 60.6 cm³/mol. The Morgan fingerprint density at radius 3 is 2.57 bits per heavy atom. The molecule has 0 atom stereocenters. The molecule has 14 heavy (non-hydrogen) atoms. The lowest BCUT2D eigenvalue weighted by atomic mass is 9.76. The van der Waals surface area contributed by atoms with Crippen LogP contribution in [-0.2, 0) is 5.60 Å². The highest BCUT2D eigenvalue weighted by Crippen LogP contribution is 2.40. The van der Waals surface area contributed by atoms with Gasteiger partial charge < -0.3 is 5.11 Å². The van der Waals surface area contributed by atoms with Crippen LogP contribution >= 0.6 is 11.3 Å². The van der Waals surface area contributed by atoms with E-state index in [0.29, 0.717) is 0 Å². The van der Waals surface area contributed by atoms with Gasteiger partial charge in [0.1, 0.15) is 0 Å². The summed E-state index contributed by atoms with van der Waals surface area (Å²) in [4.78, 5) is 1.30. The fourth-order valence-corrected chi connectivity index (χ4v) is 3.01. The van der Waals surface area contributed by atoms with E-state index >= 15 is 0 Å². The molecule has 0 bridgehead atoms. The van der Waals surface area contributed by atoms with Crippen LogP contribution in [0.3, 0.4) is 0 Å². The van der Waals surface area contributed by atoms with Crippen molar-refractivity contribution in [1.82, 2.24) is 0 Å². The van der Waals surface area contributed by atoms with Gasteiger partial charge in [-0.15, -0.1) is 11.3 Å². The Labute approximate surface area is 89.8 Å². The summed E-state index contributed by atoms with van der Waals surface area (Å²) in [7, 11) is 0. The van der Waals surface area contributed by atoms with Crippen LogP contribution in [0.1, 0.15) is 43.0 Å². The zero-order valence-corrected chi connectivity index (χ0v) is 9.73.